The summed E-state index contributed by atoms with van der Waals surface area (Å²) in [6.07, 6.45) is 8.52. The standard InChI is InChI=1S/C10H18N2/c1-2-3-4-5-6-9-12-10-7-8-11/h2-3,12H,4-7,9-10H2,1H3/b3-2+. The first-order valence-electron chi connectivity index (χ1n) is 4.60. The monoisotopic (exact) mass is 166 g/mol. The largest absolute Gasteiger partial charge is 0.316 e. The van der Waals surface area contributed by atoms with Crippen LogP contribution in [0.15, 0.2) is 12.2 Å². The number of nitrogens with one attached hydrogen (secondary N) is 1. The second-order valence-electron chi connectivity index (χ2n) is 2.72. The maximum absolute atomic E-state index is 8.24. The highest BCUT2D eigenvalue weighted by Gasteiger charge is 1.86. The normalized spacial score (nSPS) is 10.3. The quantitative estimate of drug-likeness (QED) is 0.465. The minimum Gasteiger partial charge on any atom is -0.316 e. The molecule has 0 heterocycles. The average Bonchev–Trinajstić information content (AvgIpc) is 2.10. The van der Waals surface area contributed by atoms with Crippen molar-refractivity contribution in [1.29, 1.82) is 5.26 Å². The fourth-order valence-corrected chi connectivity index (χ4v) is 0.948. The first kappa shape index (κ1) is 11.2. The van der Waals surface area contributed by atoms with E-state index in [1.165, 1.54) is 19.3 Å². The summed E-state index contributed by atoms with van der Waals surface area (Å²) in [6.45, 7) is 3.92. The van der Waals surface area contributed by atoms with Crippen molar-refractivity contribution in [2.45, 2.75) is 32.6 Å². The second kappa shape index (κ2) is 10.2. The van der Waals surface area contributed by atoms with Crippen LogP contribution in [0.5, 0.6) is 0 Å². The molecular weight excluding hydrogens is 148 g/mol. The van der Waals surface area contributed by atoms with Gasteiger partial charge in [-0.15, -0.1) is 0 Å². The predicted octanol–water partition coefficient (Wildman–Crippen LogP) is 2.24. The van der Waals surface area contributed by atoms with Gasteiger partial charge >= 0.3 is 0 Å². The van der Waals surface area contributed by atoms with Crippen LogP contribution in [0.3, 0.4) is 0 Å². The molecule has 0 spiro atoms. The molecule has 0 aromatic heterocycles. The van der Waals surface area contributed by atoms with E-state index in [2.05, 4.69) is 23.5 Å². The van der Waals surface area contributed by atoms with Crippen LogP contribution in [0.25, 0.3) is 0 Å². The smallest absolute Gasteiger partial charge is 0.0635 e. The summed E-state index contributed by atoms with van der Waals surface area (Å²) in [7, 11) is 0. The molecule has 0 aromatic carbocycles. The number of hydrogen-bond acceptors (Lipinski definition) is 2. The lowest BCUT2D eigenvalue weighted by atomic mass is 10.2. The van der Waals surface area contributed by atoms with Gasteiger partial charge in [0.05, 0.1) is 6.07 Å². The fourth-order valence-electron chi connectivity index (χ4n) is 0.948. The van der Waals surface area contributed by atoms with Gasteiger partial charge in [0.1, 0.15) is 0 Å². The molecule has 68 valence electrons. The third-order valence-corrected chi connectivity index (χ3v) is 1.62. The van der Waals surface area contributed by atoms with Gasteiger partial charge in [0.2, 0.25) is 0 Å². The molecule has 2 heteroatoms. The molecular formula is C10H18N2. The van der Waals surface area contributed by atoms with Gasteiger partial charge in [-0.25, -0.2) is 0 Å². The Morgan fingerprint density at radius 1 is 1.33 bits per heavy atom. The van der Waals surface area contributed by atoms with Crippen molar-refractivity contribution in [3.05, 3.63) is 12.2 Å². The Labute approximate surface area is 75.3 Å². The van der Waals surface area contributed by atoms with Crippen molar-refractivity contribution in [2.24, 2.45) is 0 Å². The van der Waals surface area contributed by atoms with E-state index in [-0.39, 0.29) is 0 Å². The van der Waals surface area contributed by atoms with Gasteiger partial charge in [-0.1, -0.05) is 12.2 Å². The Bertz CT molecular complexity index is 144. The Morgan fingerprint density at radius 3 is 2.83 bits per heavy atom. The molecule has 0 saturated carbocycles. The van der Waals surface area contributed by atoms with Gasteiger partial charge in [0.15, 0.2) is 0 Å². The van der Waals surface area contributed by atoms with Crippen LogP contribution in [0.2, 0.25) is 0 Å². The van der Waals surface area contributed by atoms with Crippen LogP contribution in [0, 0.1) is 11.3 Å². The summed E-state index contributed by atoms with van der Waals surface area (Å²) in [5.74, 6) is 0. The summed E-state index contributed by atoms with van der Waals surface area (Å²) in [4.78, 5) is 0. The Morgan fingerprint density at radius 2 is 2.17 bits per heavy atom. The number of unbranched alkanes of at least 4 members (excludes halogenated alkanes) is 2. The molecule has 0 radical (unpaired) electrons. The topological polar surface area (TPSA) is 35.8 Å². The Balaban J connectivity index is 2.87. The van der Waals surface area contributed by atoms with Crippen molar-refractivity contribution >= 4 is 0 Å². The third-order valence-electron chi connectivity index (χ3n) is 1.62. The zero-order chi connectivity index (χ0) is 9.07. The van der Waals surface area contributed by atoms with E-state index in [1.807, 2.05) is 6.92 Å². The van der Waals surface area contributed by atoms with E-state index in [4.69, 9.17) is 5.26 Å². The van der Waals surface area contributed by atoms with Gasteiger partial charge in [0, 0.05) is 13.0 Å². The predicted molar refractivity (Wildman–Crippen MR) is 51.8 cm³/mol. The molecule has 0 aliphatic carbocycles. The second-order valence-corrected chi connectivity index (χ2v) is 2.72. The highest BCUT2D eigenvalue weighted by molar-refractivity contribution is 4.76. The first-order chi connectivity index (χ1) is 5.91. The Hall–Kier alpha value is -0.810. The van der Waals surface area contributed by atoms with Crippen LogP contribution >= 0.6 is 0 Å². The van der Waals surface area contributed by atoms with E-state index >= 15 is 0 Å². The van der Waals surface area contributed by atoms with Crippen molar-refractivity contribution in [3.8, 4) is 6.07 Å². The molecule has 1 N–H and O–H groups in total. The lowest BCUT2D eigenvalue weighted by Crippen LogP contribution is -2.15. The molecule has 0 aromatic rings. The molecule has 0 aliphatic heterocycles. The molecule has 0 atom stereocenters. The Kier molecular flexibility index (Phi) is 9.50. The first-order valence-corrected chi connectivity index (χ1v) is 4.60. The number of nitrogens with zero attached hydrogens (tertiary/aromatic N) is 1. The van der Waals surface area contributed by atoms with Crippen molar-refractivity contribution in [3.63, 3.8) is 0 Å². The SMILES string of the molecule is C/C=C/CCCCNCCC#N. The maximum atomic E-state index is 8.24. The van der Waals surface area contributed by atoms with Gasteiger partial charge in [-0.3, -0.25) is 0 Å². The van der Waals surface area contributed by atoms with Crippen LogP contribution in [-0.2, 0) is 0 Å². The number of hydrogen-bond donors (Lipinski definition) is 1. The van der Waals surface area contributed by atoms with Crippen LogP contribution in [-0.4, -0.2) is 13.1 Å². The zero-order valence-corrected chi connectivity index (χ0v) is 7.84. The average molecular weight is 166 g/mol. The number of nitriles is 1. The fraction of sp³-hybridized carbons (Fsp3) is 0.700. The van der Waals surface area contributed by atoms with Crippen molar-refractivity contribution < 1.29 is 0 Å². The third kappa shape index (κ3) is 9.19. The van der Waals surface area contributed by atoms with E-state index in [9.17, 15) is 0 Å². The molecule has 2 nitrogen and oxygen atoms in total. The number of allylic oxidation sites excluding steroid dienone is 2. The van der Waals surface area contributed by atoms with Gasteiger partial charge in [-0.2, -0.15) is 5.26 Å². The molecule has 0 amide bonds. The van der Waals surface area contributed by atoms with Crippen molar-refractivity contribution in [2.75, 3.05) is 13.1 Å². The van der Waals surface area contributed by atoms with E-state index in [1.54, 1.807) is 0 Å². The molecule has 0 rings (SSSR count). The molecule has 12 heavy (non-hydrogen) atoms. The lowest BCUT2D eigenvalue weighted by molar-refractivity contribution is 0.632. The summed E-state index contributed by atoms with van der Waals surface area (Å²) < 4.78 is 0. The molecule has 0 fully saturated rings. The van der Waals surface area contributed by atoms with Crippen LogP contribution in [0.1, 0.15) is 32.6 Å². The highest BCUT2D eigenvalue weighted by atomic mass is 14.8. The summed E-state index contributed by atoms with van der Waals surface area (Å²) >= 11 is 0. The lowest BCUT2D eigenvalue weighted by Gasteiger charge is -1.99. The van der Waals surface area contributed by atoms with E-state index in [0.717, 1.165) is 13.1 Å². The highest BCUT2D eigenvalue weighted by Crippen LogP contribution is 1.94. The van der Waals surface area contributed by atoms with Crippen LogP contribution < -0.4 is 5.32 Å². The van der Waals surface area contributed by atoms with E-state index in [0.29, 0.717) is 6.42 Å². The maximum Gasteiger partial charge on any atom is 0.0635 e. The molecule has 0 bridgehead atoms. The minimum absolute atomic E-state index is 0.620. The van der Waals surface area contributed by atoms with Gasteiger partial charge < -0.3 is 5.32 Å². The zero-order valence-electron chi connectivity index (χ0n) is 7.84. The van der Waals surface area contributed by atoms with Crippen LogP contribution in [0.4, 0.5) is 0 Å². The minimum atomic E-state index is 0.620. The van der Waals surface area contributed by atoms with Gasteiger partial charge in [-0.05, 0) is 32.7 Å². The van der Waals surface area contributed by atoms with E-state index < -0.39 is 0 Å². The van der Waals surface area contributed by atoms with Gasteiger partial charge in [0.25, 0.3) is 0 Å². The number of rotatable bonds is 7. The molecule has 0 saturated heterocycles. The molecule has 0 unspecified atom stereocenters. The summed E-state index contributed by atoms with van der Waals surface area (Å²) in [5.41, 5.74) is 0. The summed E-state index contributed by atoms with van der Waals surface area (Å²) in [5, 5.41) is 11.5. The van der Waals surface area contributed by atoms with Crippen molar-refractivity contribution in [1.82, 2.24) is 5.32 Å². The summed E-state index contributed by atoms with van der Waals surface area (Å²) in [6, 6.07) is 2.11. The molecule has 0 aliphatic rings.